The molecule has 0 radical (unpaired) electrons. The van der Waals surface area contributed by atoms with Crippen molar-refractivity contribution < 1.29 is 22.7 Å². The summed E-state index contributed by atoms with van der Waals surface area (Å²) >= 11 is 0. The van der Waals surface area contributed by atoms with Crippen molar-refractivity contribution in [3.8, 4) is 0 Å². The quantitative estimate of drug-likeness (QED) is 0.882. The number of halogens is 4. The Morgan fingerprint density at radius 3 is 2.32 bits per heavy atom. The fourth-order valence-electron chi connectivity index (χ4n) is 1.70. The second-order valence-electron chi connectivity index (χ2n) is 5.57. The number of rotatable bonds is 3. The number of alkyl halides is 3. The van der Waals surface area contributed by atoms with Crippen molar-refractivity contribution in [2.24, 2.45) is 5.73 Å². The summed E-state index contributed by atoms with van der Waals surface area (Å²) in [6, 6.07) is 4.04. The smallest absolute Gasteiger partial charge is 0.416 e. The molecule has 0 heterocycles. The van der Waals surface area contributed by atoms with Crippen LogP contribution in [0.3, 0.4) is 0 Å². The van der Waals surface area contributed by atoms with Crippen LogP contribution in [0.4, 0.5) is 18.0 Å². The van der Waals surface area contributed by atoms with Gasteiger partial charge in [-0.1, -0.05) is 18.2 Å². The Hall–Kier alpha value is -1.47. The van der Waals surface area contributed by atoms with E-state index in [-0.39, 0.29) is 24.5 Å². The number of hydrogen-bond acceptors (Lipinski definition) is 3. The highest BCUT2D eigenvalue weighted by atomic mass is 35.5. The van der Waals surface area contributed by atoms with Gasteiger partial charge in [0.2, 0.25) is 0 Å². The number of carbonyl (C=O) groups excluding carboxylic acids is 1. The van der Waals surface area contributed by atoms with E-state index in [4.69, 9.17) is 10.5 Å². The summed E-state index contributed by atoms with van der Waals surface area (Å²) in [6.45, 7) is 4.91. The largest absolute Gasteiger partial charge is 0.444 e. The van der Waals surface area contributed by atoms with Crippen LogP contribution in [0.1, 0.15) is 37.9 Å². The van der Waals surface area contributed by atoms with Crippen molar-refractivity contribution in [1.29, 1.82) is 0 Å². The van der Waals surface area contributed by atoms with Crippen LogP contribution in [-0.4, -0.2) is 18.2 Å². The molecule has 0 saturated heterocycles. The zero-order valence-electron chi connectivity index (χ0n) is 12.5. The molecule has 3 N–H and O–H groups in total. The van der Waals surface area contributed by atoms with Crippen LogP contribution in [0.2, 0.25) is 0 Å². The maximum atomic E-state index is 12.9. The molecule has 126 valence electrons. The molecule has 0 aliphatic heterocycles. The van der Waals surface area contributed by atoms with Crippen molar-refractivity contribution in [3.63, 3.8) is 0 Å². The molecule has 0 bridgehead atoms. The van der Waals surface area contributed by atoms with E-state index in [1.165, 1.54) is 18.2 Å². The monoisotopic (exact) mass is 340 g/mol. The summed E-state index contributed by atoms with van der Waals surface area (Å²) < 4.78 is 43.6. The molecule has 22 heavy (non-hydrogen) atoms. The van der Waals surface area contributed by atoms with Crippen LogP contribution in [0.5, 0.6) is 0 Å². The summed E-state index contributed by atoms with van der Waals surface area (Å²) in [5.74, 6) is 0. The number of alkyl carbamates (subject to hydrolysis) is 1. The van der Waals surface area contributed by atoms with Crippen LogP contribution >= 0.6 is 12.4 Å². The Morgan fingerprint density at radius 1 is 1.27 bits per heavy atom. The van der Waals surface area contributed by atoms with Gasteiger partial charge in [-0.15, -0.1) is 12.4 Å². The van der Waals surface area contributed by atoms with E-state index in [0.717, 1.165) is 6.07 Å². The van der Waals surface area contributed by atoms with Crippen LogP contribution in [0, 0.1) is 0 Å². The van der Waals surface area contributed by atoms with Crippen LogP contribution in [-0.2, 0) is 10.9 Å². The molecule has 1 rings (SSSR count). The normalized spacial score (nSPS) is 13.0. The van der Waals surface area contributed by atoms with E-state index in [2.05, 4.69) is 5.32 Å². The van der Waals surface area contributed by atoms with Gasteiger partial charge in [-0.2, -0.15) is 13.2 Å². The Balaban J connectivity index is 0.00000441. The first kappa shape index (κ1) is 20.5. The fourth-order valence-corrected chi connectivity index (χ4v) is 1.70. The zero-order valence-corrected chi connectivity index (χ0v) is 13.3. The van der Waals surface area contributed by atoms with E-state index in [1.807, 2.05) is 0 Å². The molecule has 0 aliphatic rings. The van der Waals surface area contributed by atoms with E-state index in [1.54, 1.807) is 20.8 Å². The van der Waals surface area contributed by atoms with Crippen molar-refractivity contribution in [1.82, 2.24) is 5.32 Å². The molecule has 1 aromatic rings. The molecule has 4 nitrogen and oxygen atoms in total. The topological polar surface area (TPSA) is 64.3 Å². The van der Waals surface area contributed by atoms with Crippen molar-refractivity contribution in [2.45, 2.75) is 38.6 Å². The van der Waals surface area contributed by atoms with Gasteiger partial charge in [0.25, 0.3) is 0 Å². The lowest BCUT2D eigenvalue weighted by Gasteiger charge is -2.22. The van der Waals surface area contributed by atoms with Gasteiger partial charge in [0.1, 0.15) is 5.60 Å². The van der Waals surface area contributed by atoms with Gasteiger partial charge in [-0.25, -0.2) is 4.79 Å². The lowest BCUT2D eigenvalue weighted by molar-refractivity contribution is -0.138. The lowest BCUT2D eigenvalue weighted by Crippen LogP contribution is -2.37. The third-order valence-electron chi connectivity index (χ3n) is 2.53. The molecule has 1 unspecified atom stereocenters. The Bertz CT molecular complexity index is 502. The lowest BCUT2D eigenvalue weighted by atomic mass is 10.0. The first-order valence-electron chi connectivity index (χ1n) is 6.39. The standard InChI is InChI=1S/C14H19F3N2O2.ClH/c1-13(2,3)21-12(20)19-8-11(18)9-6-4-5-7-10(9)14(15,16)17;/h4-7,11H,8,18H2,1-3H3,(H,19,20);1H. The number of carbonyl (C=O) groups is 1. The maximum absolute atomic E-state index is 12.9. The van der Waals surface area contributed by atoms with Gasteiger partial charge in [0.05, 0.1) is 5.56 Å². The zero-order chi connectivity index (χ0) is 16.3. The van der Waals surface area contributed by atoms with Gasteiger partial charge < -0.3 is 15.8 Å². The van der Waals surface area contributed by atoms with E-state index in [0.29, 0.717) is 0 Å². The molecule has 1 aromatic carbocycles. The van der Waals surface area contributed by atoms with Crippen molar-refractivity contribution in [3.05, 3.63) is 35.4 Å². The average Bonchev–Trinajstić information content (AvgIpc) is 2.33. The molecule has 0 spiro atoms. The molecule has 0 fully saturated rings. The van der Waals surface area contributed by atoms with Crippen LogP contribution in [0.15, 0.2) is 24.3 Å². The summed E-state index contributed by atoms with van der Waals surface area (Å²) in [7, 11) is 0. The first-order chi connectivity index (χ1) is 9.50. The Kier molecular flexibility index (Phi) is 7.18. The van der Waals surface area contributed by atoms with Gasteiger partial charge in [-0.3, -0.25) is 0 Å². The molecule has 1 amide bonds. The number of nitrogens with two attached hydrogens (primary N) is 1. The third-order valence-corrected chi connectivity index (χ3v) is 2.53. The minimum Gasteiger partial charge on any atom is -0.444 e. The molecular weight excluding hydrogens is 321 g/mol. The average molecular weight is 341 g/mol. The predicted molar refractivity (Wildman–Crippen MR) is 79.9 cm³/mol. The predicted octanol–water partition coefficient (Wildman–Crippen LogP) is 3.65. The van der Waals surface area contributed by atoms with Crippen molar-refractivity contribution >= 4 is 18.5 Å². The summed E-state index contributed by atoms with van der Waals surface area (Å²) in [5.41, 5.74) is 4.18. The number of ether oxygens (including phenoxy) is 1. The second kappa shape index (κ2) is 7.69. The van der Waals surface area contributed by atoms with E-state index < -0.39 is 29.5 Å². The van der Waals surface area contributed by atoms with Crippen LogP contribution < -0.4 is 11.1 Å². The molecule has 8 heteroatoms. The highest BCUT2D eigenvalue weighted by molar-refractivity contribution is 5.85. The van der Waals surface area contributed by atoms with Gasteiger partial charge in [-0.05, 0) is 32.4 Å². The fraction of sp³-hybridized carbons (Fsp3) is 0.500. The number of benzene rings is 1. The molecular formula is C14H20ClF3N2O2. The van der Waals surface area contributed by atoms with Crippen molar-refractivity contribution in [2.75, 3.05) is 6.54 Å². The Labute approximate surface area is 133 Å². The van der Waals surface area contributed by atoms with Crippen LogP contribution in [0.25, 0.3) is 0 Å². The molecule has 0 aromatic heterocycles. The molecule has 1 atom stereocenters. The summed E-state index contributed by atoms with van der Waals surface area (Å²) in [6.07, 6.45) is -5.21. The SMILES string of the molecule is CC(C)(C)OC(=O)NCC(N)c1ccccc1C(F)(F)F.Cl. The maximum Gasteiger partial charge on any atom is 0.416 e. The highest BCUT2D eigenvalue weighted by Crippen LogP contribution is 2.33. The third kappa shape index (κ3) is 6.53. The molecule has 0 saturated carbocycles. The number of hydrogen-bond donors (Lipinski definition) is 2. The first-order valence-corrected chi connectivity index (χ1v) is 6.39. The van der Waals surface area contributed by atoms with Gasteiger partial charge in [0, 0.05) is 12.6 Å². The van der Waals surface area contributed by atoms with Gasteiger partial charge >= 0.3 is 12.3 Å². The highest BCUT2D eigenvalue weighted by Gasteiger charge is 2.34. The minimum atomic E-state index is -4.49. The summed E-state index contributed by atoms with van der Waals surface area (Å²) in [4.78, 5) is 11.5. The number of amides is 1. The number of nitrogens with one attached hydrogen (secondary N) is 1. The summed E-state index contributed by atoms with van der Waals surface area (Å²) in [5, 5.41) is 2.36. The van der Waals surface area contributed by atoms with E-state index in [9.17, 15) is 18.0 Å². The Morgan fingerprint density at radius 2 is 1.82 bits per heavy atom. The molecule has 0 aliphatic carbocycles. The minimum absolute atomic E-state index is 0. The second-order valence-corrected chi connectivity index (χ2v) is 5.57. The van der Waals surface area contributed by atoms with E-state index >= 15 is 0 Å². The van der Waals surface area contributed by atoms with Gasteiger partial charge in [0.15, 0.2) is 0 Å².